The van der Waals surface area contributed by atoms with Crippen molar-refractivity contribution >= 4 is 29.7 Å². The molecule has 0 saturated carbocycles. The molecular weight excluding hydrogens is 404 g/mol. The van der Waals surface area contributed by atoms with E-state index in [1.54, 1.807) is 39.8 Å². The van der Waals surface area contributed by atoms with Gasteiger partial charge in [-0.1, -0.05) is 12.1 Å². The van der Waals surface area contributed by atoms with Gasteiger partial charge in [-0.25, -0.2) is 9.69 Å². The molecule has 3 amide bonds. The molecule has 0 aromatic heterocycles. The molecule has 1 aromatic carbocycles. The topological polar surface area (TPSA) is 110 Å². The minimum absolute atomic E-state index is 0.0386. The molecule has 1 aromatic rings. The summed E-state index contributed by atoms with van der Waals surface area (Å²) in [7, 11) is 0. The number of likely N-dealkylation sites (tertiary alicyclic amines) is 1. The van der Waals surface area contributed by atoms with Crippen LogP contribution in [0.2, 0.25) is 0 Å². The Labute approximate surface area is 180 Å². The van der Waals surface area contributed by atoms with Crippen LogP contribution in [-0.4, -0.2) is 70.3 Å². The second-order valence-electron chi connectivity index (χ2n) is 8.49. The van der Waals surface area contributed by atoms with E-state index in [9.17, 15) is 24.0 Å². The second kappa shape index (κ2) is 8.13. The average molecular weight is 430 g/mol. The number of benzene rings is 1. The van der Waals surface area contributed by atoms with E-state index in [0.717, 1.165) is 4.90 Å². The number of carbonyl (C=O) groups is 5. The van der Waals surface area contributed by atoms with Crippen LogP contribution < -0.4 is 0 Å². The quantitative estimate of drug-likeness (QED) is 0.396. The summed E-state index contributed by atoms with van der Waals surface area (Å²) in [6, 6.07) is 6.14. The third kappa shape index (κ3) is 3.92. The first-order chi connectivity index (χ1) is 14.5. The maximum absolute atomic E-state index is 13.6. The van der Waals surface area contributed by atoms with Crippen LogP contribution in [0, 0.1) is 0 Å². The SMILES string of the molecule is CCOC(=O)C1(N2C(=O)c3ccccc3C2=O)CCCN(CC(=O)OC(C)(C)C)C1=O. The lowest BCUT2D eigenvalue weighted by atomic mass is 9.85. The van der Waals surface area contributed by atoms with Gasteiger partial charge in [-0.15, -0.1) is 0 Å². The van der Waals surface area contributed by atoms with Crippen molar-refractivity contribution in [2.75, 3.05) is 19.7 Å². The average Bonchev–Trinajstić information content (AvgIpc) is 2.94. The lowest BCUT2D eigenvalue weighted by Crippen LogP contribution is -2.69. The molecule has 1 saturated heterocycles. The summed E-state index contributed by atoms with van der Waals surface area (Å²) in [5.74, 6) is -3.92. The van der Waals surface area contributed by atoms with Crippen molar-refractivity contribution in [2.24, 2.45) is 0 Å². The van der Waals surface area contributed by atoms with Crippen molar-refractivity contribution in [2.45, 2.75) is 51.7 Å². The van der Waals surface area contributed by atoms with Gasteiger partial charge in [-0.05, 0) is 52.7 Å². The second-order valence-corrected chi connectivity index (χ2v) is 8.49. The van der Waals surface area contributed by atoms with Crippen LogP contribution in [0.5, 0.6) is 0 Å². The van der Waals surface area contributed by atoms with Gasteiger partial charge >= 0.3 is 11.9 Å². The van der Waals surface area contributed by atoms with E-state index < -0.39 is 47.3 Å². The smallest absolute Gasteiger partial charge is 0.342 e. The van der Waals surface area contributed by atoms with Crippen LogP contribution in [0.15, 0.2) is 24.3 Å². The number of esters is 2. The highest BCUT2D eigenvalue weighted by molar-refractivity contribution is 6.27. The largest absolute Gasteiger partial charge is 0.464 e. The lowest BCUT2D eigenvalue weighted by Gasteiger charge is -2.43. The van der Waals surface area contributed by atoms with Gasteiger partial charge in [0, 0.05) is 6.54 Å². The molecule has 3 rings (SSSR count). The summed E-state index contributed by atoms with van der Waals surface area (Å²) in [6.45, 7) is 6.41. The standard InChI is InChI=1S/C22H26N2O7/c1-5-30-20(29)22(24-17(26)14-9-6-7-10-15(14)18(24)27)11-8-12-23(19(22)28)13-16(25)31-21(2,3)4/h6-7,9-10H,5,8,11-13H2,1-4H3. The molecule has 1 unspecified atom stereocenters. The molecule has 2 heterocycles. The minimum Gasteiger partial charge on any atom is -0.464 e. The van der Waals surface area contributed by atoms with Crippen LogP contribution in [0.4, 0.5) is 0 Å². The van der Waals surface area contributed by atoms with Gasteiger partial charge in [-0.2, -0.15) is 0 Å². The molecule has 0 bridgehead atoms. The van der Waals surface area contributed by atoms with Gasteiger partial charge in [0.25, 0.3) is 17.7 Å². The lowest BCUT2D eigenvalue weighted by molar-refractivity contribution is -0.172. The third-order valence-electron chi connectivity index (χ3n) is 5.14. The summed E-state index contributed by atoms with van der Waals surface area (Å²) in [5.41, 5.74) is -2.68. The van der Waals surface area contributed by atoms with Crippen molar-refractivity contribution in [3.05, 3.63) is 35.4 Å². The highest BCUT2D eigenvalue weighted by Crippen LogP contribution is 2.37. The van der Waals surface area contributed by atoms with Gasteiger partial charge in [0.2, 0.25) is 5.54 Å². The predicted octanol–water partition coefficient (Wildman–Crippen LogP) is 1.55. The molecule has 166 valence electrons. The molecule has 0 aliphatic carbocycles. The Morgan fingerprint density at radius 1 is 1.06 bits per heavy atom. The van der Waals surface area contributed by atoms with Crippen LogP contribution in [0.3, 0.4) is 0 Å². The molecular formula is C22H26N2O7. The number of imide groups is 1. The Morgan fingerprint density at radius 2 is 1.65 bits per heavy atom. The van der Waals surface area contributed by atoms with Gasteiger partial charge < -0.3 is 14.4 Å². The summed E-state index contributed by atoms with van der Waals surface area (Å²) < 4.78 is 10.4. The van der Waals surface area contributed by atoms with Crippen LogP contribution in [0.25, 0.3) is 0 Å². The van der Waals surface area contributed by atoms with Gasteiger partial charge in [0.05, 0.1) is 17.7 Å². The van der Waals surface area contributed by atoms with E-state index in [1.165, 1.54) is 12.1 Å². The van der Waals surface area contributed by atoms with Gasteiger partial charge in [0.15, 0.2) is 0 Å². The number of fused-ring (bicyclic) bond motifs is 1. The van der Waals surface area contributed by atoms with Crippen LogP contribution in [0.1, 0.15) is 61.3 Å². The van der Waals surface area contributed by atoms with E-state index in [-0.39, 0.29) is 30.7 Å². The van der Waals surface area contributed by atoms with E-state index in [0.29, 0.717) is 11.3 Å². The van der Waals surface area contributed by atoms with Crippen LogP contribution in [-0.2, 0) is 23.9 Å². The van der Waals surface area contributed by atoms with Gasteiger partial charge in [-0.3, -0.25) is 19.2 Å². The monoisotopic (exact) mass is 430 g/mol. The number of amides is 3. The molecule has 1 fully saturated rings. The Morgan fingerprint density at radius 3 is 2.16 bits per heavy atom. The van der Waals surface area contributed by atoms with E-state index in [4.69, 9.17) is 9.47 Å². The number of hydrogen-bond donors (Lipinski definition) is 0. The summed E-state index contributed by atoms with van der Waals surface area (Å²) in [6.07, 6.45) is 0.210. The summed E-state index contributed by atoms with van der Waals surface area (Å²) >= 11 is 0. The molecule has 9 nitrogen and oxygen atoms in total. The number of carbonyl (C=O) groups excluding carboxylic acids is 5. The Balaban J connectivity index is 2.00. The fourth-order valence-corrected chi connectivity index (χ4v) is 3.95. The summed E-state index contributed by atoms with van der Waals surface area (Å²) in [5, 5.41) is 0. The van der Waals surface area contributed by atoms with E-state index >= 15 is 0 Å². The van der Waals surface area contributed by atoms with E-state index in [2.05, 4.69) is 0 Å². The molecule has 2 aliphatic rings. The maximum atomic E-state index is 13.6. The molecule has 0 N–H and O–H groups in total. The zero-order valence-electron chi connectivity index (χ0n) is 18.1. The minimum atomic E-state index is -2.16. The van der Waals surface area contributed by atoms with Crippen molar-refractivity contribution in [1.29, 1.82) is 0 Å². The molecule has 0 radical (unpaired) electrons. The normalized spacial score (nSPS) is 21.2. The van der Waals surface area contributed by atoms with Crippen molar-refractivity contribution in [3.63, 3.8) is 0 Å². The Kier molecular flexibility index (Phi) is 5.89. The fourth-order valence-electron chi connectivity index (χ4n) is 3.95. The van der Waals surface area contributed by atoms with Crippen molar-refractivity contribution < 1.29 is 33.4 Å². The number of nitrogens with zero attached hydrogens (tertiary/aromatic N) is 2. The molecule has 1 atom stereocenters. The molecule has 0 spiro atoms. The van der Waals surface area contributed by atoms with Gasteiger partial charge in [0.1, 0.15) is 12.1 Å². The van der Waals surface area contributed by atoms with Crippen molar-refractivity contribution in [1.82, 2.24) is 9.80 Å². The first kappa shape index (κ1) is 22.5. The van der Waals surface area contributed by atoms with Crippen molar-refractivity contribution in [3.8, 4) is 0 Å². The molecule has 9 heteroatoms. The molecule has 2 aliphatic heterocycles. The molecule has 31 heavy (non-hydrogen) atoms. The Bertz CT molecular complexity index is 914. The zero-order chi connectivity index (χ0) is 23.0. The first-order valence-electron chi connectivity index (χ1n) is 10.2. The third-order valence-corrected chi connectivity index (χ3v) is 5.14. The maximum Gasteiger partial charge on any atom is 0.342 e. The summed E-state index contributed by atoms with van der Waals surface area (Å²) in [4.78, 5) is 67.1. The number of piperidine rings is 1. The number of rotatable bonds is 5. The predicted molar refractivity (Wildman–Crippen MR) is 108 cm³/mol. The van der Waals surface area contributed by atoms with Crippen LogP contribution >= 0.6 is 0 Å². The highest BCUT2D eigenvalue weighted by Gasteiger charge is 2.62. The number of hydrogen-bond acceptors (Lipinski definition) is 7. The fraction of sp³-hybridized carbons (Fsp3) is 0.500. The number of ether oxygens (including phenoxy) is 2. The zero-order valence-corrected chi connectivity index (χ0v) is 18.1. The Hall–Kier alpha value is -3.23. The highest BCUT2D eigenvalue weighted by atomic mass is 16.6. The first-order valence-corrected chi connectivity index (χ1v) is 10.2. The van der Waals surface area contributed by atoms with E-state index in [1.807, 2.05) is 0 Å².